The first kappa shape index (κ1) is 15.5. The molecule has 2 N–H and O–H groups in total. The Hall–Kier alpha value is -1.91. The highest BCUT2D eigenvalue weighted by atomic mass is 16.5. The summed E-state index contributed by atoms with van der Waals surface area (Å²) in [5.41, 5.74) is 6.91. The van der Waals surface area contributed by atoms with Crippen LogP contribution in [0.5, 0.6) is 11.5 Å². The number of amides is 1. The number of methoxy groups -OCH3 is 2. The molecule has 5 nitrogen and oxygen atoms in total. The van der Waals surface area contributed by atoms with Crippen molar-refractivity contribution in [2.75, 3.05) is 33.0 Å². The molecule has 1 aliphatic heterocycles. The van der Waals surface area contributed by atoms with Crippen molar-refractivity contribution in [3.05, 3.63) is 17.7 Å². The summed E-state index contributed by atoms with van der Waals surface area (Å²) < 4.78 is 10.5. The number of benzene rings is 1. The third-order valence-electron chi connectivity index (χ3n) is 3.94. The molecule has 0 spiro atoms. The summed E-state index contributed by atoms with van der Waals surface area (Å²) in [7, 11) is 3.10. The lowest BCUT2D eigenvalue weighted by Gasteiger charge is -2.35. The second-order valence-corrected chi connectivity index (χ2v) is 5.95. The number of hydrogen-bond donors (Lipinski definition) is 1. The molecule has 0 unspecified atom stereocenters. The van der Waals surface area contributed by atoms with Gasteiger partial charge < -0.3 is 20.1 Å². The Labute approximate surface area is 126 Å². The summed E-state index contributed by atoms with van der Waals surface area (Å²) in [6.45, 7) is 5.90. The van der Waals surface area contributed by atoms with Gasteiger partial charge in [-0.15, -0.1) is 0 Å². The van der Waals surface area contributed by atoms with Crippen molar-refractivity contribution in [2.45, 2.75) is 20.3 Å². The Morgan fingerprint density at radius 3 is 2.19 bits per heavy atom. The minimum absolute atomic E-state index is 0.0353. The quantitative estimate of drug-likeness (QED) is 0.869. The van der Waals surface area contributed by atoms with Crippen molar-refractivity contribution in [2.24, 2.45) is 11.8 Å². The number of rotatable bonds is 3. The fraction of sp³-hybridized carbons (Fsp3) is 0.562. The lowest BCUT2D eigenvalue weighted by Crippen LogP contribution is -2.42. The van der Waals surface area contributed by atoms with Crippen LogP contribution in [0, 0.1) is 11.8 Å². The zero-order valence-corrected chi connectivity index (χ0v) is 13.2. The first-order chi connectivity index (χ1) is 9.96. The van der Waals surface area contributed by atoms with Crippen LogP contribution in [-0.4, -0.2) is 38.1 Å². The highest BCUT2D eigenvalue weighted by Gasteiger charge is 2.27. The summed E-state index contributed by atoms with van der Waals surface area (Å²) in [5, 5.41) is 0. The molecule has 5 heteroatoms. The van der Waals surface area contributed by atoms with Crippen LogP contribution in [0.3, 0.4) is 0 Å². The van der Waals surface area contributed by atoms with Crippen LogP contribution in [0.25, 0.3) is 0 Å². The maximum absolute atomic E-state index is 12.7. The van der Waals surface area contributed by atoms with Crippen LogP contribution < -0.4 is 15.2 Å². The van der Waals surface area contributed by atoms with Crippen molar-refractivity contribution in [3.8, 4) is 11.5 Å². The lowest BCUT2D eigenvalue weighted by atomic mass is 9.91. The first-order valence-electron chi connectivity index (χ1n) is 7.27. The number of nitrogen functional groups attached to an aromatic ring is 1. The second-order valence-electron chi connectivity index (χ2n) is 5.95. The van der Waals surface area contributed by atoms with E-state index in [2.05, 4.69) is 13.8 Å². The molecule has 0 radical (unpaired) electrons. The van der Waals surface area contributed by atoms with Crippen LogP contribution in [0.15, 0.2) is 12.1 Å². The number of likely N-dealkylation sites (tertiary alicyclic amines) is 1. The number of piperidine rings is 1. The van der Waals surface area contributed by atoms with E-state index in [-0.39, 0.29) is 5.91 Å². The van der Waals surface area contributed by atoms with Crippen LogP contribution in [0.2, 0.25) is 0 Å². The maximum Gasteiger partial charge on any atom is 0.256 e. The van der Waals surface area contributed by atoms with Gasteiger partial charge in [-0.05, 0) is 24.3 Å². The summed E-state index contributed by atoms with van der Waals surface area (Å²) >= 11 is 0. The zero-order valence-electron chi connectivity index (χ0n) is 13.2. The minimum Gasteiger partial charge on any atom is -0.493 e. The summed E-state index contributed by atoms with van der Waals surface area (Å²) in [6, 6.07) is 3.31. The summed E-state index contributed by atoms with van der Waals surface area (Å²) in [6.07, 6.45) is 1.16. The molecule has 1 aromatic carbocycles. The van der Waals surface area contributed by atoms with Crippen LogP contribution in [0.1, 0.15) is 30.6 Å². The van der Waals surface area contributed by atoms with E-state index in [9.17, 15) is 4.79 Å². The van der Waals surface area contributed by atoms with Gasteiger partial charge in [0.15, 0.2) is 11.5 Å². The maximum atomic E-state index is 12.7. The van der Waals surface area contributed by atoms with Crippen LogP contribution in [-0.2, 0) is 0 Å². The number of ether oxygens (including phenoxy) is 2. The van der Waals surface area contributed by atoms with Gasteiger partial charge in [0.05, 0.1) is 19.8 Å². The van der Waals surface area contributed by atoms with Gasteiger partial charge in [0.2, 0.25) is 0 Å². The van der Waals surface area contributed by atoms with E-state index in [0.29, 0.717) is 34.6 Å². The molecule has 1 fully saturated rings. The number of nitrogens with zero attached hydrogens (tertiary/aromatic N) is 1. The predicted octanol–water partition coefficient (Wildman–Crippen LogP) is 2.40. The molecule has 0 aromatic heterocycles. The van der Waals surface area contributed by atoms with Crippen molar-refractivity contribution in [1.29, 1.82) is 0 Å². The Morgan fingerprint density at radius 2 is 1.67 bits per heavy atom. The molecule has 1 amide bonds. The molecular formula is C16H24N2O3. The topological polar surface area (TPSA) is 64.8 Å². The van der Waals surface area contributed by atoms with Gasteiger partial charge in [0.25, 0.3) is 5.91 Å². The second kappa shape index (κ2) is 6.24. The molecule has 116 valence electrons. The average Bonchev–Trinajstić information content (AvgIpc) is 2.45. The Morgan fingerprint density at radius 1 is 1.14 bits per heavy atom. The Balaban J connectivity index is 2.30. The normalized spacial score (nSPS) is 22.0. The van der Waals surface area contributed by atoms with E-state index in [0.717, 1.165) is 19.5 Å². The Kier molecular flexibility index (Phi) is 4.60. The highest BCUT2D eigenvalue weighted by Crippen LogP contribution is 2.33. The number of carbonyl (C=O) groups excluding carboxylic acids is 1. The predicted molar refractivity (Wildman–Crippen MR) is 82.8 cm³/mol. The number of nitrogens with two attached hydrogens (primary N) is 1. The average molecular weight is 292 g/mol. The lowest BCUT2D eigenvalue weighted by molar-refractivity contribution is 0.0624. The van der Waals surface area contributed by atoms with Gasteiger partial charge in [-0.1, -0.05) is 13.8 Å². The van der Waals surface area contributed by atoms with Gasteiger partial charge in [-0.2, -0.15) is 0 Å². The van der Waals surface area contributed by atoms with Crippen molar-refractivity contribution >= 4 is 11.6 Å². The van der Waals surface area contributed by atoms with E-state index in [4.69, 9.17) is 15.2 Å². The van der Waals surface area contributed by atoms with E-state index >= 15 is 0 Å². The van der Waals surface area contributed by atoms with Gasteiger partial charge in [0, 0.05) is 24.8 Å². The van der Waals surface area contributed by atoms with Gasteiger partial charge in [-0.3, -0.25) is 4.79 Å². The van der Waals surface area contributed by atoms with E-state index in [1.54, 1.807) is 26.4 Å². The Bertz CT molecular complexity index is 520. The molecule has 0 saturated carbocycles. The minimum atomic E-state index is -0.0353. The molecule has 0 bridgehead atoms. The number of anilines is 1. The van der Waals surface area contributed by atoms with Crippen molar-refractivity contribution in [1.82, 2.24) is 4.90 Å². The number of hydrogen-bond acceptors (Lipinski definition) is 4. The molecule has 1 aromatic rings. The standard InChI is InChI=1S/C16H24N2O3/c1-10-5-11(2)9-18(8-10)16(19)12-6-14(20-3)15(21-4)7-13(12)17/h6-7,10-11H,5,8-9,17H2,1-4H3/t10-,11-/m0/s1. The van der Waals surface area contributed by atoms with Crippen LogP contribution in [0.4, 0.5) is 5.69 Å². The fourth-order valence-corrected chi connectivity index (χ4v) is 3.08. The van der Waals surface area contributed by atoms with Gasteiger partial charge in [-0.25, -0.2) is 0 Å². The number of carbonyl (C=O) groups is 1. The third-order valence-corrected chi connectivity index (χ3v) is 3.94. The molecule has 1 saturated heterocycles. The zero-order chi connectivity index (χ0) is 15.6. The molecule has 2 atom stereocenters. The van der Waals surface area contributed by atoms with Gasteiger partial charge >= 0.3 is 0 Å². The first-order valence-corrected chi connectivity index (χ1v) is 7.27. The smallest absolute Gasteiger partial charge is 0.256 e. The third kappa shape index (κ3) is 3.23. The molecule has 1 heterocycles. The van der Waals surface area contributed by atoms with E-state index < -0.39 is 0 Å². The fourth-order valence-electron chi connectivity index (χ4n) is 3.08. The molecule has 21 heavy (non-hydrogen) atoms. The highest BCUT2D eigenvalue weighted by molar-refractivity contribution is 6.00. The monoisotopic (exact) mass is 292 g/mol. The van der Waals surface area contributed by atoms with Gasteiger partial charge in [0.1, 0.15) is 0 Å². The summed E-state index contributed by atoms with van der Waals surface area (Å²) in [5.74, 6) is 2.05. The van der Waals surface area contributed by atoms with E-state index in [1.807, 2.05) is 4.90 Å². The SMILES string of the molecule is COc1cc(N)c(C(=O)N2C[C@@H](C)C[C@H](C)C2)cc1OC. The van der Waals surface area contributed by atoms with Crippen molar-refractivity contribution < 1.29 is 14.3 Å². The molecule has 1 aliphatic rings. The molecular weight excluding hydrogens is 268 g/mol. The largest absolute Gasteiger partial charge is 0.493 e. The molecule has 0 aliphatic carbocycles. The van der Waals surface area contributed by atoms with Crippen LogP contribution >= 0.6 is 0 Å². The van der Waals surface area contributed by atoms with E-state index in [1.165, 1.54) is 0 Å². The summed E-state index contributed by atoms with van der Waals surface area (Å²) in [4.78, 5) is 14.6. The molecule has 2 rings (SSSR count). The van der Waals surface area contributed by atoms with Crippen molar-refractivity contribution in [3.63, 3.8) is 0 Å².